The Bertz CT molecular complexity index is 777. The largest absolute Gasteiger partial charge is 0.391 e. The molecule has 4 atom stereocenters. The molecule has 2 aliphatic rings. The average Bonchev–Trinajstić information content (AvgIpc) is 2.86. The molecule has 0 aromatic heterocycles. The molecule has 2 unspecified atom stereocenters. The van der Waals surface area contributed by atoms with Crippen molar-refractivity contribution in [1.29, 1.82) is 0 Å². The smallest absolute Gasteiger partial charge is 0.246 e. The number of piperidine rings is 1. The van der Waals surface area contributed by atoms with Gasteiger partial charge in [0, 0.05) is 18.4 Å². The van der Waals surface area contributed by atoms with E-state index in [1.165, 1.54) is 13.3 Å². The lowest BCUT2D eigenvalue weighted by Gasteiger charge is -2.39. The van der Waals surface area contributed by atoms with Gasteiger partial charge >= 0.3 is 0 Å². The van der Waals surface area contributed by atoms with Crippen molar-refractivity contribution < 1.29 is 24.3 Å². The summed E-state index contributed by atoms with van der Waals surface area (Å²) in [6.45, 7) is 6.07. The van der Waals surface area contributed by atoms with Crippen LogP contribution in [-0.4, -0.2) is 78.0 Å². The third kappa shape index (κ3) is 9.01. The lowest BCUT2D eigenvalue weighted by Crippen LogP contribution is -2.67. The summed E-state index contributed by atoms with van der Waals surface area (Å²) in [5, 5.41) is 21.8. The Kier molecular flexibility index (Phi) is 12.4. The summed E-state index contributed by atoms with van der Waals surface area (Å²) < 4.78 is 0. The molecule has 0 aromatic rings. The van der Waals surface area contributed by atoms with E-state index in [4.69, 9.17) is 11.5 Å². The minimum Gasteiger partial charge on any atom is -0.391 e. The van der Waals surface area contributed by atoms with Crippen LogP contribution in [0.2, 0.25) is 0 Å². The number of rotatable bonds is 13. The fraction of sp³-hybridized carbons (Fsp3) is 0.846. The number of nitrogens with two attached hydrogens (primary N) is 2. The number of aliphatic hydroxyl groups is 1. The second kappa shape index (κ2) is 14.8. The molecule has 2 rings (SSSR count). The second-order valence-corrected chi connectivity index (χ2v) is 11.0. The van der Waals surface area contributed by atoms with Gasteiger partial charge in [-0.3, -0.25) is 19.2 Å². The quantitative estimate of drug-likeness (QED) is 0.167. The Labute approximate surface area is 220 Å². The van der Waals surface area contributed by atoms with Crippen molar-refractivity contribution in [2.24, 2.45) is 23.3 Å². The van der Waals surface area contributed by atoms with E-state index >= 15 is 0 Å². The third-order valence-corrected chi connectivity index (χ3v) is 7.68. The molecule has 0 spiro atoms. The highest BCUT2D eigenvalue weighted by Crippen LogP contribution is 2.27. The van der Waals surface area contributed by atoms with E-state index in [9.17, 15) is 24.3 Å². The van der Waals surface area contributed by atoms with E-state index < -0.39 is 35.5 Å². The summed E-state index contributed by atoms with van der Waals surface area (Å²) >= 11 is 0. The molecular weight excluding hydrogens is 476 g/mol. The average molecular weight is 525 g/mol. The van der Waals surface area contributed by atoms with Crippen LogP contribution in [0.4, 0.5) is 0 Å². The van der Waals surface area contributed by atoms with Crippen LogP contribution in [-0.2, 0) is 19.2 Å². The third-order valence-electron chi connectivity index (χ3n) is 7.68. The maximum Gasteiger partial charge on any atom is 0.246 e. The van der Waals surface area contributed by atoms with Gasteiger partial charge in [0.1, 0.15) is 11.6 Å². The minimum absolute atomic E-state index is 0.130. The fourth-order valence-electron chi connectivity index (χ4n) is 5.32. The molecule has 1 saturated heterocycles. The molecule has 0 radical (unpaired) electrons. The second-order valence-electron chi connectivity index (χ2n) is 11.0. The minimum atomic E-state index is -1.30. The Morgan fingerprint density at radius 1 is 1.03 bits per heavy atom. The first-order chi connectivity index (χ1) is 17.5. The Morgan fingerprint density at radius 2 is 1.65 bits per heavy atom. The van der Waals surface area contributed by atoms with Crippen molar-refractivity contribution in [1.82, 2.24) is 21.3 Å². The van der Waals surface area contributed by atoms with Gasteiger partial charge < -0.3 is 37.8 Å². The standard InChI is InChI=1S/C26H48N6O5/c1-16(2)23(35)20(9-12-27)30-24(36)22(17(3)33)31-25(37)26(10-13-29-14-11-26)32-21(34)15-19(28)18-7-5-4-6-8-18/h16-20,22,29,33H,4-15,27-28H2,1-3H3,(H,30,36)(H,31,37)(H,32,34)/t17?,19?,20-,22-/m0/s1. The molecule has 11 nitrogen and oxygen atoms in total. The van der Waals surface area contributed by atoms with Crippen LogP contribution in [0.5, 0.6) is 0 Å². The molecule has 1 heterocycles. The summed E-state index contributed by atoms with van der Waals surface area (Å²) in [4.78, 5) is 52.2. The first-order valence-corrected chi connectivity index (χ1v) is 13.8. The molecule has 1 saturated carbocycles. The van der Waals surface area contributed by atoms with Gasteiger partial charge in [-0.2, -0.15) is 0 Å². The van der Waals surface area contributed by atoms with E-state index in [1.54, 1.807) is 13.8 Å². The molecule has 3 amide bonds. The van der Waals surface area contributed by atoms with Crippen LogP contribution in [0, 0.1) is 11.8 Å². The molecule has 0 bridgehead atoms. The zero-order valence-electron chi connectivity index (χ0n) is 22.7. The summed E-state index contributed by atoms with van der Waals surface area (Å²) in [5.74, 6) is -1.70. The molecule has 1 aliphatic carbocycles. The van der Waals surface area contributed by atoms with E-state index in [2.05, 4.69) is 21.3 Å². The summed E-state index contributed by atoms with van der Waals surface area (Å²) in [7, 11) is 0. The number of Topliss-reactive ketones (excluding diaryl/α,β-unsaturated/α-hetero) is 1. The lowest BCUT2D eigenvalue weighted by atomic mass is 9.82. The first kappa shape index (κ1) is 31.1. The topological polar surface area (TPSA) is 189 Å². The van der Waals surface area contributed by atoms with Crippen molar-refractivity contribution in [2.45, 2.75) is 108 Å². The number of ketones is 1. The van der Waals surface area contributed by atoms with Gasteiger partial charge in [0.25, 0.3) is 0 Å². The molecule has 0 aromatic carbocycles. The number of carbonyl (C=O) groups excluding carboxylic acids is 4. The zero-order chi connectivity index (χ0) is 27.6. The maximum atomic E-state index is 13.6. The lowest BCUT2D eigenvalue weighted by molar-refractivity contribution is -0.139. The van der Waals surface area contributed by atoms with Gasteiger partial charge in [-0.25, -0.2) is 0 Å². The summed E-state index contributed by atoms with van der Waals surface area (Å²) in [5.41, 5.74) is 10.7. The van der Waals surface area contributed by atoms with E-state index in [0.717, 1.165) is 25.7 Å². The van der Waals surface area contributed by atoms with Crippen LogP contribution < -0.4 is 32.7 Å². The van der Waals surface area contributed by atoms with Gasteiger partial charge in [0.15, 0.2) is 5.78 Å². The normalized spacial score (nSPS) is 21.4. The van der Waals surface area contributed by atoms with Crippen molar-refractivity contribution in [3.05, 3.63) is 0 Å². The highest BCUT2D eigenvalue weighted by Gasteiger charge is 2.43. The Morgan fingerprint density at radius 3 is 2.19 bits per heavy atom. The number of hydrogen-bond acceptors (Lipinski definition) is 8. The summed E-state index contributed by atoms with van der Waals surface area (Å²) in [6.07, 6.45) is 5.28. The fourth-order valence-corrected chi connectivity index (χ4v) is 5.32. The van der Waals surface area contributed by atoms with E-state index in [1.807, 2.05) is 0 Å². The van der Waals surface area contributed by atoms with E-state index in [-0.39, 0.29) is 43.0 Å². The van der Waals surface area contributed by atoms with Crippen molar-refractivity contribution in [2.75, 3.05) is 19.6 Å². The number of aliphatic hydroxyl groups excluding tert-OH is 1. The van der Waals surface area contributed by atoms with Crippen LogP contribution >= 0.6 is 0 Å². The molecular formula is C26H48N6O5. The Balaban J connectivity index is 2.11. The van der Waals surface area contributed by atoms with Crippen molar-refractivity contribution in [3.8, 4) is 0 Å². The zero-order valence-corrected chi connectivity index (χ0v) is 22.7. The predicted octanol–water partition coefficient (Wildman–Crippen LogP) is -0.553. The van der Waals surface area contributed by atoms with Gasteiger partial charge in [-0.05, 0) is 64.6 Å². The number of carbonyl (C=O) groups is 4. The highest BCUT2D eigenvalue weighted by atomic mass is 16.3. The number of amides is 3. The van der Waals surface area contributed by atoms with Crippen LogP contribution in [0.25, 0.3) is 0 Å². The van der Waals surface area contributed by atoms with Gasteiger partial charge in [0.05, 0.1) is 12.1 Å². The van der Waals surface area contributed by atoms with Crippen LogP contribution in [0.1, 0.15) is 78.6 Å². The van der Waals surface area contributed by atoms with Crippen molar-refractivity contribution in [3.63, 3.8) is 0 Å². The predicted molar refractivity (Wildman–Crippen MR) is 141 cm³/mol. The Hall–Kier alpha value is -2.08. The van der Waals surface area contributed by atoms with Gasteiger partial charge in [-0.15, -0.1) is 0 Å². The van der Waals surface area contributed by atoms with Crippen molar-refractivity contribution >= 4 is 23.5 Å². The highest BCUT2D eigenvalue weighted by molar-refractivity contribution is 5.97. The molecule has 37 heavy (non-hydrogen) atoms. The van der Waals surface area contributed by atoms with Gasteiger partial charge in [0.2, 0.25) is 17.7 Å². The summed E-state index contributed by atoms with van der Waals surface area (Å²) in [6, 6.07) is -2.39. The van der Waals surface area contributed by atoms with Crippen LogP contribution in [0.3, 0.4) is 0 Å². The molecule has 9 N–H and O–H groups in total. The molecule has 1 aliphatic heterocycles. The SMILES string of the molecule is CC(C)C(=O)[C@H](CCN)NC(=O)[C@@H](NC(=O)C1(NC(=O)CC(N)C2CCCCC2)CCNCC1)C(C)O. The maximum absolute atomic E-state index is 13.6. The number of nitrogens with one attached hydrogen (secondary N) is 4. The van der Waals surface area contributed by atoms with Gasteiger partial charge in [-0.1, -0.05) is 33.1 Å². The monoisotopic (exact) mass is 524 g/mol. The van der Waals surface area contributed by atoms with Crippen LogP contribution in [0.15, 0.2) is 0 Å². The molecule has 212 valence electrons. The van der Waals surface area contributed by atoms with E-state index in [0.29, 0.717) is 31.8 Å². The molecule has 2 fully saturated rings. The number of hydrogen-bond donors (Lipinski definition) is 7. The first-order valence-electron chi connectivity index (χ1n) is 13.8. The molecule has 11 heteroatoms.